The zero-order chi connectivity index (χ0) is 19.2. The Labute approximate surface area is 162 Å². The van der Waals surface area contributed by atoms with Gasteiger partial charge in [-0.25, -0.2) is 0 Å². The van der Waals surface area contributed by atoms with E-state index in [0.29, 0.717) is 12.5 Å². The summed E-state index contributed by atoms with van der Waals surface area (Å²) in [4.78, 5) is 15.1. The maximum absolute atomic E-state index is 12.7. The van der Waals surface area contributed by atoms with Crippen LogP contribution in [-0.2, 0) is 4.74 Å². The summed E-state index contributed by atoms with van der Waals surface area (Å²) >= 11 is 0. The van der Waals surface area contributed by atoms with Crippen LogP contribution in [0.15, 0.2) is 48.5 Å². The van der Waals surface area contributed by atoms with Gasteiger partial charge in [0.05, 0.1) is 19.3 Å². The van der Waals surface area contributed by atoms with Crippen LogP contribution in [0.1, 0.15) is 52.9 Å². The average Bonchev–Trinajstić information content (AvgIpc) is 2.69. The summed E-state index contributed by atoms with van der Waals surface area (Å²) in [5.74, 6) is 0.506. The van der Waals surface area contributed by atoms with E-state index in [1.165, 1.54) is 11.1 Å². The van der Waals surface area contributed by atoms with Crippen LogP contribution in [0.3, 0.4) is 0 Å². The maximum atomic E-state index is 12.7. The first-order valence-electron chi connectivity index (χ1n) is 9.81. The largest absolute Gasteiger partial charge is 0.379 e. The fraction of sp³-hybridized carbons (Fsp3) is 0.435. The number of rotatable bonds is 6. The quantitative estimate of drug-likeness (QED) is 0.842. The number of ether oxygens (including phenoxy) is 1. The van der Waals surface area contributed by atoms with Crippen LogP contribution in [0.4, 0.5) is 0 Å². The first-order valence-corrected chi connectivity index (χ1v) is 9.81. The fourth-order valence-corrected chi connectivity index (χ4v) is 3.56. The summed E-state index contributed by atoms with van der Waals surface area (Å²) in [6.45, 7) is 10.2. The number of aryl methyl sites for hydroxylation is 1. The minimum Gasteiger partial charge on any atom is -0.379 e. The molecule has 27 heavy (non-hydrogen) atoms. The molecule has 4 heteroatoms. The lowest BCUT2D eigenvalue weighted by molar-refractivity contribution is 0.0162. The molecule has 2 aromatic carbocycles. The van der Waals surface area contributed by atoms with Crippen molar-refractivity contribution in [2.24, 2.45) is 0 Å². The minimum atomic E-state index is -0.00911. The molecule has 0 aromatic heterocycles. The molecule has 3 rings (SSSR count). The zero-order valence-electron chi connectivity index (χ0n) is 16.6. The van der Waals surface area contributed by atoms with E-state index in [0.717, 1.165) is 37.4 Å². The van der Waals surface area contributed by atoms with Crippen LogP contribution in [0.5, 0.6) is 0 Å². The van der Waals surface area contributed by atoms with Gasteiger partial charge in [0.25, 0.3) is 5.91 Å². The summed E-state index contributed by atoms with van der Waals surface area (Å²) in [7, 11) is 0. The molecule has 1 amide bonds. The molecule has 2 aromatic rings. The van der Waals surface area contributed by atoms with Crippen LogP contribution in [-0.4, -0.2) is 43.7 Å². The van der Waals surface area contributed by atoms with E-state index in [9.17, 15) is 4.79 Å². The van der Waals surface area contributed by atoms with Crippen LogP contribution in [0.2, 0.25) is 0 Å². The van der Waals surface area contributed by atoms with Gasteiger partial charge in [-0.3, -0.25) is 9.69 Å². The lowest BCUT2D eigenvalue weighted by Crippen LogP contribution is -2.43. The number of morpholine rings is 1. The fourth-order valence-electron chi connectivity index (χ4n) is 3.56. The molecule has 1 saturated heterocycles. The van der Waals surface area contributed by atoms with Crippen molar-refractivity contribution in [3.8, 4) is 0 Å². The van der Waals surface area contributed by atoms with Crippen LogP contribution in [0, 0.1) is 6.92 Å². The highest BCUT2D eigenvalue weighted by Crippen LogP contribution is 2.24. The Morgan fingerprint density at radius 3 is 2.30 bits per heavy atom. The predicted octanol–water partition coefficient (Wildman–Crippen LogP) is 3.92. The van der Waals surface area contributed by atoms with Crippen molar-refractivity contribution in [3.05, 3.63) is 70.8 Å². The highest BCUT2D eigenvalue weighted by Gasteiger charge is 2.23. The van der Waals surface area contributed by atoms with E-state index in [4.69, 9.17) is 4.74 Å². The second-order valence-electron chi connectivity index (χ2n) is 7.51. The van der Waals surface area contributed by atoms with Gasteiger partial charge < -0.3 is 10.1 Å². The van der Waals surface area contributed by atoms with Crippen molar-refractivity contribution in [2.45, 2.75) is 32.7 Å². The molecule has 4 nitrogen and oxygen atoms in total. The van der Waals surface area contributed by atoms with Crippen LogP contribution >= 0.6 is 0 Å². The smallest absolute Gasteiger partial charge is 0.251 e. The van der Waals surface area contributed by atoms with E-state index in [2.05, 4.69) is 48.3 Å². The van der Waals surface area contributed by atoms with E-state index < -0.39 is 0 Å². The van der Waals surface area contributed by atoms with Gasteiger partial charge in [-0.15, -0.1) is 0 Å². The molecular weight excluding hydrogens is 336 g/mol. The van der Waals surface area contributed by atoms with Crippen molar-refractivity contribution < 1.29 is 9.53 Å². The monoisotopic (exact) mass is 366 g/mol. The van der Waals surface area contributed by atoms with Gasteiger partial charge in [0, 0.05) is 25.2 Å². The molecule has 0 bridgehead atoms. The molecule has 1 N–H and O–H groups in total. The predicted molar refractivity (Wildman–Crippen MR) is 109 cm³/mol. The lowest BCUT2D eigenvalue weighted by Gasteiger charge is -2.35. The Hall–Kier alpha value is -2.17. The second kappa shape index (κ2) is 9.16. The van der Waals surface area contributed by atoms with E-state index >= 15 is 0 Å². The van der Waals surface area contributed by atoms with Gasteiger partial charge in [-0.2, -0.15) is 0 Å². The summed E-state index contributed by atoms with van der Waals surface area (Å²) in [6, 6.07) is 16.7. The third-order valence-electron chi connectivity index (χ3n) is 5.32. The van der Waals surface area contributed by atoms with Crippen molar-refractivity contribution in [1.29, 1.82) is 0 Å². The van der Waals surface area contributed by atoms with Crippen molar-refractivity contribution in [2.75, 3.05) is 32.8 Å². The number of amides is 1. The number of hydrogen-bond acceptors (Lipinski definition) is 3. The molecule has 0 spiro atoms. The molecule has 0 aliphatic carbocycles. The molecule has 1 aliphatic heterocycles. The van der Waals surface area contributed by atoms with Crippen molar-refractivity contribution in [3.63, 3.8) is 0 Å². The SMILES string of the molecule is Cc1ccccc1C(=O)NC[C@@H](c1ccc(C(C)C)cc1)N1CCOCC1. The van der Waals surface area contributed by atoms with Crippen molar-refractivity contribution in [1.82, 2.24) is 10.2 Å². The highest BCUT2D eigenvalue weighted by atomic mass is 16.5. The zero-order valence-corrected chi connectivity index (χ0v) is 16.6. The van der Waals surface area contributed by atoms with Crippen LogP contribution < -0.4 is 5.32 Å². The van der Waals surface area contributed by atoms with Crippen molar-refractivity contribution >= 4 is 5.91 Å². The number of nitrogens with zero attached hydrogens (tertiary/aromatic N) is 1. The van der Waals surface area contributed by atoms with E-state index in [-0.39, 0.29) is 11.9 Å². The summed E-state index contributed by atoms with van der Waals surface area (Å²) in [6.07, 6.45) is 0. The normalized spacial score (nSPS) is 16.3. The van der Waals surface area contributed by atoms with E-state index in [1.54, 1.807) is 0 Å². The molecule has 1 aliphatic rings. The molecule has 144 valence electrons. The number of carbonyl (C=O) groups excluding carboxylic acids is 1. The van der Waals surface area contributed by atoms with Crippen LogP contribution in [0.25, 0.3) is 0 Å². The molecule has 0 unspecified atom stereocenters. The highest BCUT2D eigenvalue weighted by molar-refractivity contribution is 5.95. The number of hydrogen-bond donors (Lipinski definition) is 1. The Kier molecular flexibility index (Phi) is 6.64. The second-order valence-corrected chi connectivity index (χ2v) is 7.51. The third kappa shape index (κ3) is 4.96. The standard InChI is InChI=1S/C23H30N2O2/c1-17(2)19-8-10-20(11-9-19)22(25-12-14-27-15-13-25)16-24-23(26)21-7-5-4-6-18(21)3/h4-11,17,22H,12-16H2,1-3H3,(H,24,26)/t22-/m0/s1. The Balaban J connectivity index is 1.75. The summed E-state index contributed by atoms with van der Waals surface area (Å²) < 4.78 is 5.52. The van der Waals surface area contributed by atoms with E-state index in [1.807, 2.05) is 31.2 Å². The topological polar surface area (TPSA) is 41.6 Å². The Morgan fingerprint density at radius 1 is 1.04 bits per heavy atom. The maximum Gasteiger partial charge on any atom is 0.251 e. The molecule has 0 radical (unpaired) electrons. The summed E-state index contributed by atoms with van der Waals surface area (Å²) in [5, 5.41) is 3.15. The Morgan fingerprint density at radius 2 is 1.67 bits per heavy atom. The molecule has 1 atom stereocenters. The first kappa shape index (κ1) is 19.6. The number of benzene rings is 2. The number of carbonyl (C=O) groups is 1. The number of nitrogens with one attached hydrogen (secondary N) is 1. The Bertz CT molecular complexity index is 749. The summed E-state index contributed by atoms with van der Waals surface area (Å²) in [5.41, 5.74) is 4.32. The van der Waals surface area contributed by atoms with Gasteiger partial charge in [0.1, 0.15) is 0 Å². The average molecular weight is 367 g/mol. The van der Waals surface area contributed by atoms with Gasteiger partial charge in [0.2, 0.25) is 0 Å². The third-order valence-corrected chi connectivity index (χ3v) is 5.32. The molecular formula is C23H30N2O2. The molecule has 1 fully saturated rings. The molecule has 0 saturated carbocycles. The van der Waals surface area contributed by atoms with Gasteiger partial charge in [-0.05, 0) is 35.6 Å². The molecule has 1 heterocycles. The van der Waals surface area contributed by atoms with Gasteiger partial charge >= 0.3 is 0 Å². The first-order chi connectivity index (χ1) is 13.1. The van der Waals surface area contributed by atoms with Gasteiger partial charge in [-0.1, -0.05) is 56.3 Å². The van der Waals surface area contributed by atoms with Gasteiger partial charge in [0.15, 0.2) is 0 Å². The lowest BCUT2D eigenvalue weighted by atomic mass is 9.98. The minimum absolute atomic E-state index is 0.00911.